The first-order valence-electron chi connectivity index (χ1n) is 4.74. The first-order valence-corrected chi connectivity index (χ1v) is 4.74. The summed E-state index contributed by atoms with van der Waals surface area (Å²) >= 11 is 0. The van der Waals surface area contributed by atoms with E-state index in [2.05, 4.69) is 0 Å². The fourth-order valence-corrected chi connectivity index (χ4v) is 1.68. The molecule has 1 unspecified atom stereocenters. The Kier molecular flexibility index (Phi) is 2.12. The number of fused-ring (bicyclic) bond motifs is 1. The lowest BCUT2D eigenvalue weighted by molar-refractivity contribution is -0.125. The Morgan fingerprint density at radius 3 is 2.73 bits per heavy atom. The summed E-state index contributed by atoms with van der Waals surface area (Å²) in [5.41, 5.74) is 1.09. The number of benzene rings is 1. The van der Waals surface area contributed by atoms with Crippen LogP contribution in [0.5, 0.6) is 5.75 Å². The van der Waals surface area contributed by atoms with Crippen molar-refractivity contribution in [2.75, 3.05) is 0 Å². The highest BCUT2D eigenvalue weighted by atomic mass is 16.6. The van der Waals surface area contributed by atoms with Crippen LogP contribution in [0.1, 0.15) is 19.4 Å². The van der Waals surface area contributed by atoms with Crippen LogP contribution in [0.25, 0.3) is 6.08 Å². The fraction of sp³-hybridized carbons (Fsp3) is 0.250. The minimum atomic E-state index is -1.53. The predicted octanol–water partition coefficient (Wildman–Crippen LogP) is 1.76. The number of hydrogen-bond acceptors (Lipinski definition) is 3. The lowest BCUT2D eigenvalue weighted by atomic mass is 9.97. The van der Waals surface area contributed by atoms with Crippen molar-refractivity contribution in [3.05, 3.63) is 35.4 Å². The highest BCUT2D eigenvalue weighted by Crippen LogP contribution is 2.34. The monoisotopic (exact) mass is 204 g/mol. The first-order chi connectivity index (χ1) is 7.00. The maximum absolute atomic E-state index is 11.3. The summed E-state index contributed by atoms with van der Waals surface area (Å²) in [7, 11) is 0. The normalized spacial score (nSPS) is 23.8. The summed E-state index contributed by atoms with van der Waals surface area (Å²) in [4.78, 5) is 11.3. The van der Waals surface area contributed by atoms with Gasteiger partial charge in [-0.25, -0.2) is 0 Å². The van der Waals surface area contributed by atoms with Crippen LogP contribution in [0.2, 0.25) is 0 Å². The molecule has 0 spiro atoms. The van der Waals surface area contributed by atoms with Gasteiger partial charge in [0.05, 0.1) is 5.57 Å². The van der Waals surface area contributed by atoms with Gasteiger partial charge >= 0.3 is 0 Å². The molecule has 3 heteroatoms. The van der Waals surface area contributed by atoms with Crippen molar-refractivity contribution in [2.24, 2.45) is 0 Å². The van der Waals surface area contributed by atoms with E-state index in [9.17, 15) is 9.90 Å². The summed E-state index contributed by atoms with van der Waals surface area (Å²) in [5, 5.41) is 9.94. The van der Waals surface area contributed by atoms with Crippen LogP contribution >= 0.6 is 0 Å². The fourth-order valence-electron chi connectivity index (χ4n) is 1.68. The molecule has 1 aliphatic heterocycles. The van der Waals surface area contributed by atoms with Gasteiger partial charge in [-0.3, -0.25) is 4.79 Å². The Morgan fingerprint density at radius 2 is 2.07 bits per heavy atom. The maximum Gasteiger partial charge on any atom is 0.235 e. The third-order valence-corrected chi connectivity index (χ3v) is 2.41. The molecular formula is C12H12O3. The summed E-state index contributed by atoms with van der Waals surface area (Å²) in [6.07, 6.45) is 1.67. The highest BCUT2D eigenvalue weighted by Gasteiger charge is 2.34. The van der Waals surface area contributed by atoms with Gasteiger partial charge in [-0.1, -0.05) is 18.2 Å². The Bertz CT molecular complexity index is 444. The molecule has 1 aromatic rings. The standard InChI is InChI=1S/C12H12O3/c1-8(13)10-7-9-5-3-4-6-11(9)15-12(10,2)14/h3-7,14H,1-2H3. The predicted molar refractivity (Wildman–Crippen MR) is 56.4 cm³/mol. The molecule has 0 aromatic heterocycles. The van der Waals surface area contributed by atoms with Crippen molar-refractivity contribution in [2.45, 2.75) is 19.6 Å². The SMILES string of the molecule is CC(=O)C1=Cc2ccccc2OC1(C)O. The van der Waals surface area contributed by atoms with Crippen molar-refractivity contribution >= 4 is 11.9 Å². The zero-order valence-corrected chi connectivity index (χ0v) is 8.65. The minimum absolute atomic E-state index is 0.186. The van der Waals surface area contributed by atoms with Crippen LogP contribution in [0, 0.1) is 0 Å². The van der Waals surface area contributed by atoms with E-state index in [1.165, 1.54) is 13.8 Å². The number of carbonyl (C=O) groups excluding carboxylic acids is 1. The van der Waals surface area contributed by atoms with Crippen molar-refractivity contribution in [1.82, 2.24) is 0 Å². The van der Waals surface area contributed by atoms with Gasteiger partial charge in [0.25, 0.3) is 0 Å². The van der Waals surface area contributed by atoms with E-state index < -0.39 is 5.79 Å². The van der Waals surface area contributed by atoms with Gasteiger partial charge in [0.2, 0.25) is 5.79 Å². The molecule has 0 fully saturated rings. The van der Waals surface area contributed by atoms with Crippen LogP contribution in [-0.4, -0.2) is 16.7 Å². The number of aliphatic hydroxyl groups is 1. The van der Waals surface area contributed by atoms with E-state index in [0.29, 0.717) is 5.75 Å². The maximum atomic E-state index is 11.3. The lowest BCUT2D eigenvalue weighted by Crippen LogP contribution is -2.39. The van der Waals surface area contributed by atoms with Crippen molar-refractivity contribution in [1.29, 1.82) is 0 Å². The van der Waals surface area contributed by atoms with E-state index in [1.54, 1.807) is 12.1 Å². The van der Waals surface area contributed by atoms with Crippen molar-refractivity contribution in [3.8, 4) is 5.75 Å². The Morgan fingerprint density at radius 1 is 1.40 bits per heavy atom. The average molecular weight is 204 g/mol. The molecule has 0 bridgehead atoms. The number of ketones is 1. The van der Waals surface area contributed by atoms with E-state index in [4.69, 9.17) is 4.74 Å². The van der Waals surface area contributed by atoms with Gasteiger partial charge in [-0.2, -0.15) is 0 Å². The number of para-hydroxylation sites is 1. The van der Waals surface area contributed by atoms with Gasteiger partial charge in [0.15, 0.2) is 5.78 Å². The summed E-state index contributed by atoms with van der Waals surface area (Å²) < 4.78 is 5.36. The van der Waals surface area contributed by atoms with Gasteiger partial charge in [-0.05, 0) is 19.1 Å². The van der Waals surface area contributed by atoms with Crippen LogP contribution in [0.3, 0.4) is 0 Å². The van der Waals surface area contributed by atoms with E-state index in [0.717, 1.165) is 5.56 Å². The molecule has 15 heavy (non-hydrogen) atoms. The summed E-state index contributed by atoms with van der Waals surface area (Å²) in [5.74, 6) is -1.12. The van der Waals surface area contributed by atoms with Crippen LogP contribution in [0.15, 0.2) is 29.8 Å². The number of ether oxygens (including phenoxy) is 1. The Labute approximate surface area is 88.0 Å². The number of carbonyl (C=O) groups is 1. The third-order valence-electron chi connectivity index (χ3n) is 2.41. The molecule has 0 amide bonds. The summed E-state index contributed by atoms with van der Waals surface area (Å²) in [6.45, 7) is 2.88. The molecule has 1 heterocycles. The molecule has 1 aliphatic rings. The summed E-state index contributed by atoms with van der Waals surface area (Å²) in [6, 6.07) is 7.28. The van der Waals surface area contributed by atoms with Crippen molar-refractivity contribution in [3.63, 3.8) is 0 Å². The lowest BCUT2D eigenvalue weighted by Gasteiger charge is -2.30. The third kappa shape index (κ3) is 1.66. The average Bonchev–Trinajstić information content (AvgIpc) is 2.14. The Balaban J connectivity index is 2.57. The molecule has 0 radical (unpaired) electrons. The zero-order chi connectivity index (χ0) is 11.1. The van der Waals surface area contributed by atoms with E-state index in [1.807, 2.05) is 18.2 Å². The molecule has 1 atom stereocenters. The molecule has 1 aromatic carbocycles. The van der Waals surface area contributed by atoms with Gasteiger partial charge < -0.3 is 9.84 Å². The zero-order valence-electron chi connectivity index (χ0n) is 8.65. The highest BCUT2D eigenvalue weighted by molar-refractivity contribution is 6.00. The topological polar surface area (TPSA) is 46.5 Å². The number of rotatable bonds is 1. The molecule has 0 aliphatic carbocycles. The van der Waals surface area contributed by atoms with E-state index in [-0.39, 0.29) is 11.4 Å². The largest absolute Gasteiger partial charge is 0.458 e. The molecule has 0 saturated carbocycles. The van der Waals surface area contributed by atoms with Crippen LogP contribution < -0.4 is 4.74 Å². The second-order valence-corrected chi connectivity index (χ2v) is 3.74. The minimum Gasteiger partial charge on any atom is -0.458 e. The molecule has 0 saturated heterocycles. The molecule has 78 valence electrons. The van der Waals surface area contributed by atoms with E-state index >= 15 is 0 Å². The quantitative estimate of drug-likeness (QED) is 0.758. The van der Waals surface area contributed by atoms with Crippen LogP contribution in [-0.2, 0) is 4.79 Å². The van der Waals surface area contributed by atoms with Gasteiger partial charge in [0, 0.05) is 12.5 Å². The first kappa shape index (κ1) is 9.93. The molecular weight excluding hydrogens is 192 g/mol. The second-order valence-electron chi connectivity index (χ2n) is 3.74. The molecule has 2 rings (SSSR count). The van der Waals surface area contributed by atoms with Crippen molar-refractivity contribution < 1.29 is 14.6 Å². The molecule has 1 N–H and O–H groups in total. The Hall–Kier alpha value is -1.61. The van der Waals surface area contributed by atoms with Gasteiger partial charge in [0.1, 0.15) is 5.75 Å². The second kappa shape index (κ2) is 3.21. The number of hydrogen-bond donors (Lipinski definition) is 1. The number of Topliss-reactive ketones (excluding diaryl/α,β-unsaturated/α-hetero) is 1. The van der Waals surface area contributed by atoms with Crippen LogP contribution in [0.4, 0.5) is 0 Å². The smallest absolute Gasteiger partial charge is 0.235 e. The molecule has 3 nitrogen and oxygen atoms in total. The van der Waals surface area contributed by atoms with Gasteiger partial charge in [-0.15, -0.1) is 0 Å².